The van der Waals surface area contributed by atoms with Crippen LogP contribution in [0.25, 0.3) is 65.7 Å². The highest BCUT2D eigenvalue weighted by atomic mass is 14.2. The van der Waals surface area contributed by atoms with Crippen LogP contribution in [-0.4, -0.2) is 0 Å². The summed E-state index contributed by atoms with van der Waals surface area (Å²) in [5.74, 6) is 0. The summed E-state index contributed by atoms with van der Waals surface area (Å²) in [4.78, 5) is 0. The largest absolute Gasteiger partial charge is 0.0988 e. The maximum Gasteiger partial charge on any atom is -0.00201 e. The van der Waals surface area contributed by atoms with Gasteiger partial charge in [-0.3, -0.25) is 0 Å². The van der Waals surface area contributed by atoms with Crippen LogP contribution in [0.2, 0.25) is 0 Å². The highest BCUT2D eigenvalue weighted by Crippen LogP contribution is 2.47. The van der Waals surface area contributed by atoms with E-state index >= 15 is 0 Å². The smallest absolute Gasteiger partial charge is 0.00201 e. The lowest BCUT2D eigenvalue weighted by Gasteiger charge is -2.22. The molecule has 0 atom stereocenters. The van der Waals surface area contributed by atoms with E-state index in [1.807, 2.05) is 6.08 Å². The van der Waals surface area contributed by atoms with Gasteiger partial charge in [-0.15, -0.1) is 0 Å². The van der Waals surface area contributed by atoms with E-state index in [-0.39, 0.29) is 0 Å². The molecule has 0 fully saturated rings. The molecule has 1 aliphatic rings. The molecule has 0 spiro atoms. The van der Waals surface area contributed by atoms with Gasteiger partial charge in [0.2, 0.25) is 0 Å². The number of hydrogen-bond donors (Lipinski definition) is 0. The van der Waals surface area contributed by atoms with Crippen LogP contribution in [0, 0.1) is 6.92 Å². The minimum absolute atomic E-state index is 1.04. The second-order valence-electron chi connectivity index (χ2n) is 12.3. The molecule has 0 heteroatoms. The van der Waals surface area contributed by atoms with Gasteiger partial charge in [0.05, 0.1) is 0 Å². The molecule has 0 amide bonds. The average molecular weight is 581 g/mol. The highest BCUT2D eigenvalue weighted by Gasteiger charge is 2.21. The lowest BCUT2D eigenvalue weighted by molar-refractivity contribution is 0.927. The monoisotopic (exact) mass is 580 g/mol. The van der Waals surface area contributed by atoms with E-state index in [0.29, 0.717) is 0 Å². The van der Waals surface area contributed by atoms with Crippen LogP contribution in [0.3, 0.4) is 0 Å². The van der Waals surface area contributed by atoms with E-state index in [1.165, 1.54) is 88.0 Å². The van der Waals surface area contributed by atoms with Crippen molar-refractivity contribution in [1.82, 2.24) is 0 Å². The Labute approximate surface area is 267 Å². The molecule has 0 saturated heterocycles. The molecule has 0 nitrogen and oxygen atoms in total. The summed E-state index contributed by atoms with van der Waals surface area (Å²) < 4.78 is 0. The molecule has 6 aromatic rings. The third-order valence-corrected chi connectivity index (χ3v) is 9.74. The molecular weight excluding hydrogens is 540 g/mol. The summed E-state index contributed by atoms with van der Waals surface area (Å²) in [6, 6.07) is 38.5. The summed E-state index contributed by atoms with van der Waals surface area (Å²) >= 11 is 0. The zero-order valence-electron chi connectivity index (χ0n) is 26.7. The molecule has 0 bridgehead atoms. The molecule has 1 aliphatic carbocycles. The molecule has 0 unspecified atom stereocenters. The Kier molecular flexibility index (Phi) is 7.82. The molecule has 0 radical (unpaired) electrons. The maximum atomic E-state index is 4.15. The van der Waals surface area contributed by atoms with Crippen molar-refractivity contribution in [3.8, 4) is 22.3 Å². The van der Waals surface area contributed by atoms with E-state index in [2.05, 4.69) is 149 Å². The fraction of sp³-hybridized carbons (Fsp3) is 0.156. The van der Waals surface area contributed by atoms with E-state index in [4.69, 9.17) is 0 Å². The first-order valence-electron chi connectivity index (χ1n) is 16.4. The zero-order chi connectivity index (χ0) is 30.9. The fourth-order valence-electron chi connectivity index (χ4n) is 7.53. The van der Waals surface area contributed by atoms with Crippen LogP contribution in [0.1, 0.15) is 56.2 Å². The quantitative estimate of drug-likeness (QED) is 0.130. The lowest BCUT2D eigenvalue weighted by Crippen LogP contribution is -1.97. The van der Waals surface area contributed by atoms with Crippen molar-refractivity contribution in [2.75, 3.05) is 0 Å². The molecule has 0 saturated carbocycles. The van der Waals surface area contributed by atoms with Gasteiger partial charge in [-0.25, -0.2) is 0 Å². The minimum atomic E-state index is 1.04. The molecule has 220 valence electrons. The Morgan fingerprint density at radius 2 is 1.22 bits per heavy atom. The molecule has 7 rings (SSSR count). The van der Waals surface area contributed by atoms with Crippen LogP contribution in [0.5, 0.6) is 0 Å². The van der Waals surface area contributed by atoms with Gasteiger partial charge in [-0.05, 0) is 121 Å². The van der Waals surface area contributed by atoms with Gasteiger partial charge in [0.25, 0.3) is 0 Å². The molecular formula is C45H40. The third kappa shape index (κ3) is 4.95. The second kappa shape index (κ2) is 12.2. The summed E-state index contributed by atoms with van der Waals surface area (Å²) in [7, 11) is 0. The first kappa shape index (κ1) is 28.8. The topological polar surface area (TPSA) is 0 Å². The highest BCUT2D eigenvalue weighted by molar-refractivity contribution is 6.24. The average Bonchev–Trinajstić information content (AvgIpc) is 3.09. The normalized spacial score (nSPS) is 13.7. The van der Waals surface area contributed by atoms with E-state index < -0.39 is 0 Å². The van der Waals surface area contributed by atoms with Crippen molar-refractivity contribution in [3.05, 3.63) is 156 Å². The van der Waals surface area contributed by atoms with Crippen molar-refractivity contribution in [2.24, 2.45) is 0 Å². The standard InChI is InChI=1S/C45H40/c1-5-17-32(6-2)30(3)34-26-16-27-35(31(34)4)44-39-22-12-14-24-41(39)45(42-25-15-13-23-40(42)44)43-29-28-36(33-18-8-7-9-19-33)37-20-10-11-21-38(37)43/h6-8,10-16,18,20-29H,2,5,9,17,19H2,1,3-4H3/b32-30-. The van der Waals surface area contributed by atoms with E-state index in [9.17, 15) is 0 Å². The third-order valence-electron chi connectivity index (χ3n) is 9.74. The maximum absolute atomic E-state index is 4.15. The van der Waals surface area contributed by atoms with Crippen LogP contribution in [-0.2, 0) is 0 Å². The number of fused-ring (bicyclic) bond motifs is 3. The van der Waals surface area contributed by atoms with Gasteiger partial charge in [-0.2, -0.15) is 0 Å². The van der Waals surface area contributed by atoms with Gasteiger partial charge in [0.1, 0.15) is 0 Å². The Balaban J connectivity index is 1.54. The SMILES string of the molecule is C=C/C(CCC)=C(\C)c1cccc(-c2c3ccccc3c(-c3ccc(C4=CC=CCC4)c4ccccc34)c3ccccc23)c1C. The second-order valence-corrected chi connectivity index (χ2v) is 12.3. The molecule has 6 aromatic carbocycles. The Bertz CT molecular complexity index is 2140. The first-order chi connectivity index (χ1) is 22.1. The number of hydrogen-bond acceptors (Lipinski definition) is 0. The molecule has 0 aromatic heterocycles. The van der Waals surface area contributed by atoms with Gasteiger partial charge < -0.3 is 0 Å². The Hall–Kier alpha value is -4.94. The van der Waals surface area contributed by atoms with Gasteiger partial charge >= 0.3 is 0 Å². The van der Waals surface area contributed by atoms with Crippen molar-refractivity contribution in [1.29, 1.82) is 0 Å². The first-order valence-corrected chi connectivity index (χ1v) is 16.4. The van der Waals surface area contributed by atoms with Crippen LogP contribution in [0.4, 0.5) is 0 Å². The number of benzene rings is 6. The van der Waals surface area contributed by atoms with Gasteiger partial charge in [0, 0.05) is 0 Å². The van der Waals surface area contributed by atoms with Crippen molar-refractivity contribution >= 4 is 43.5 Å². The van der Waals surface area contributed by atoms with Crippen molar-refractivity contribution < 1.29 is 0 Å². The van der Waals surface area contributed by atoms with Gasteiger partial charge in [-0.1, -0.05) is 147 Å². The minimum Gasteiger partial charge on any atom is -0.0988 e. The molecule has 0 aliphatic heterocycles. The predicted molar refractivity (Wildman–Crippen MR) is 199 cm³/mol. The van der Waals surface area contributed by atoms with E-state index in [0.717, 1.165) is 25.7 Å². The number of allylic oxidation sites excluding steroid dienone is 7. The predicted octanol–water partition coefficient (Wildman–Crippen LogP) is 13.3. The summed E-state index contributed by atoms with van der Waals surface area (Å²) in [6.07, 6.45) is 13.1. The number of rotatable bonds is 7. The molecule has 0 heterocycles. The summed E-state index contributed by atoms with van der Waals surface area (Å²) in [5.41, 5.74) is 13.3. The molecule has 0 N–H and O–H groups in total. The summed E-state index contributed by atoms with van der Waals surface area (Å²) in [5, 5.41) is 7.79. The van der Waals surface area contributed by atoms with Crippen LogP contribution >= 0.6 is 0 Å². The van der Waals surface area contributed by atoms with Gasteiger partial charge in [0.15, 0.2) is 0 Å². The lowest BCUT2D eigenvalue weighted by atomic mass is 9.82. The van der Waals surface area contributed by atoms with Crippen molar-refractivity contribution in [2.45, 2.75) is 46.5 Å². The van der Waals surface area contributed by atoms with Crippen LogP contribution < -0.4 is 0 Å². The Morgan fingerprint density at radius 3 is 1.78 bits per heavy atom. The summed E-state index contributed by atoms with van der Waals surface area (Å²) in [6.45, 7) is 10.9. The Morgan fingerprint density at radius 1 is 0.667 bits per heavy atom. The van der Waals surface area contributed by atoms with Crippen molar-refractivity contribution in [3.63, 3.8) is 0 Å². The zero-order valence-corrected chi connectivity index (χ0v) is 26.7. The van der Waals surface area contributed by atoms with Crippen LogP contribution in [0.15, 0.2) is 140 Å². The van der Waals surface area contributed by atoms with E-state index in [1.54, 1.807) is 0 Å². The fourth-order valence-corrected chi connectivity index (χ4v) is 7.53. The molecule has 45 heavy (non-hydrogen) atoms.